The molecular formula is C11H16N4. The first kappa shape index (κ1) is 10.1. The predicted molar refractivity (Wildman–Crippen MR) is 59.6 cm³/mol. The lowest BCUT2D eigenvalue weighted by atomic mass is 10.1. The number of nitrogens with zero attached hydrogens (tertiary/aromatic N) is 3. The number of hydrogen-bond acceptors (Lipinski definition) is 3. The summed E-state index contributed by atoms with van der Waals surface area (Å²) in [6.07, 6.45) is 2.77. The Hall–Kier alpha value is -1.42. The number of hydrogen-bond donors (Lipinski definition) is 1. The molecular weight excluding hydrogens is 188 g/mol. The fourth-order valence-electron chi connectivity index (χ4n) is 1.57. The van der Waals surface area contributed by atoms with Crippen molar-refractivity contribution in [2.75, 3.05) is 6.54 Å². The Balaban J connectivity index is 2.35. The van der Waals surface area contributed by atoms with Crippen molar-refractivity contribution in [3.8, 4) is 0 Å². The van der Waals surface area contributed by atoms with E-state index in [-0.39, 0.29) is 0 Å². The van der Waals surface area contributed by atoms with Gasteiger partial charge >= 0.3 is 0 Å². The van der Waals surface area contributed by atoms with Gasteiger partial charge in [-0.1, -0.05) is 13.0 Å². The summed E-state index contributed by atoms with van der Waals surface area (Å²) < 4.78 is 1.83. The molecule has 0 aliphatic heterocycles. The van der Waals surface area contributed by atoms with Crippen molar-refractivity contribution in [3.63, 3.8) is 0 Å². The lowest BCUT2D eigenvalue weighted by molar-refractivity contribution is 0.573. The maximum Gasteiger partial charge on any atom is 0.158 e. The molecule has 4 heteroatoms. The molecule has 2 rings (SSSR count). The first-order valence-electron chi connectivity index (χ1n) is 5.21. The van der Waals surface area contributed by atoms with Gasteiger partial charge in [-0.25, -0.2) is 9.50 Å². The number of rotatable bonds is 3. The number of aryl methyl sites for hydroxylation is 1. The molecule has 0 saturated heterocycles. The number of aromatic nitrogens is 3. The van der Waals surface area contributed by atoms with Crippen molar-refractivity contribution in [2.24, 2.45) is 11.7 Å². The van der Waals surface area contributed by atoms with Gasteiger partial charge in [-0.15, -0.1) is 0 Å². The molecule has 0 aromatic carbocycles. The molecule has 0 aliphatic carbocycles. The second kappa shape index (κ2) is 3.98. The molecule has 0 bridgehead atoms. The topological polar surface area (TPSA) is 56.2 Å². The van der Waals surface area contributed by atoms with Gasteiger partial charge in [0.15, 0.2) is 11.5 Å². The zero-order valence-corrected chi connectivity index (χ0v) is 9.14. The second-order valence-electron chi connectivity index (χ2n) is 4.03. The Morgan fingerprint density at radius 2 is 2.33 bits per heavy atom. The van der Waals surface area contributed by atoms with Crippen LogP contribution in [0.2, 0.25) is 0 Å². The van der Waals surface area contributed by atoms with Gasteiger partial charge in [0.1, 0.15) is 0 Å². The van der Waals surface area contributed by atoms with Crippen LogP contribution < -0.4 is 5.73 Å². The zero-order chi connectivity index (χ0) is 10.8. The highest BCUT2D eigenvalue weighted by atomic mass is 15.3. The molecule has 0 aliphatic rings. The van der Waals surface area contributed by atoms with Crippen molar-refractivity contribution < 1.29 is 0 Å². The lowest BCUT2D eigenvalue weighted by Gasteiger charge is -2.02. The van der Waals surface area contributed by atoms with Crippen LogP contribution in [0.4, 0.5) is 0 Å². The largest absolute Gasteiger partial charge is 0.330 e. The van der Waals surface area contributed by atoms with Gasteiger partial charge in [0.25, 0.3) is 0 Å². The van der Waals surface area contributed by atoms with Crippen LogP contribution in [-0.4, -0.2) is 21.1 Å². The summed E-state index contributed by atoms with van der Waals surface area (Å²) in [7, 11) is 0. The molecule has 0 fully saturated rings. The monoisotopic (exact) mass is 204 g/mol. The Morgan fingerprint density at radius 3 is 3.00 bits per heavy atom. The van der Waals surface area contributed by atoms with Gasteiger partial charge in [0, 0.05) is 12.6 Å². The zero-order valence-electron chi connectivity index (χ0n) is 9.14. The molecule has 2 heterocycles. The van der Waals surface area contributed by atoms with E-state index in [1.807, 2.05) is 29.8 Å². The summed E-state index contributed by atoms with van der Waals surface area (Å²) in [5.74, 6) is 1.31. The lowest BCUT2D eigenvalue weighted by Crippen LogP contribution is -2.13. The summed E-state index contributed by atoms with van der Waals surface area (Å²) in [6.45, 7) is 4.83. The van der Waals surface area contributed by atoms with E-state index < -0.39 is 0 Å². The fourth-order valence-corrected chi connectivity index (χ4v) is 1.57. The Morgan fingerprint density at radius 1 is 1.53 bits per heavy atom. The van der Waals surface area contributed by atoms with Crippen LogP contribution in [0.15, 0.2) is 18.3 Å². The molecule has 2 aromatic rings. The maximum absolute atomic E-state index is 5.58. The minimum Gasteiger partial charge on any atom is -0.330 e. The Bertz CT molecular complexity index is 461. The third-order valence-corrected chi connectivity index (χ3v) is 2.53. The van der Waals surface area contributed by atoms with Crippen LogP contribution in [0.3, 0.4) is 0 Å². The van der Waals surface area contributed by atoms with Gasteiger partial charge in [-0.3, -0.25) is 0 Å². The van der Waals surface area contributed by atoms with Gasteiger partial charge < -0.3 is 5.73 Å². The van der Waals surface area contributed by atoms with Crippen LogP contribution in [0, 0.1) is 12.8 Å². The smallest absolute Gasteiger partial charge is 0.158 e. The highest BCUT2D eigenvalue weighted by Gasteiger charge is 2.08. The van der Waals surface area contributed by atoms with Crippen LogP contribution in [0.5, 0.6) is 0 Å². The van der Waals surface area contributed by atoms with Crippen LogP contribution in [0.1, 0.15) is 18.3 Å². The normalized spacial score (nSPS) is 13.3. The Kier molecular flexibility index (Phi) is 2.68. The first-order valence-corrected chi connectivity index (χ1v) is 5.21. The third-order valence-electron chi connectivity index (χ3n) is 2.53. The van der Waals surface area contributed by atoms with E-state index in [1.54, 1.807) is 0 Å². The number of nitrogens with two attached hydrogens (primary N) is 1. The molecule has 0 spiro atoms. The summed E-state index contributed by atoms with van der Waals surface area (Å²) in [4.78, 5) is 4.50. The van der Waals surface area contributed by atoms with Crippen molar-refractivity contribution in [3.05, 3.63) is 29.7 Å². The minimum atomic E-state index is 0.433. The number of fused-ring (bicyclic) bond motifs is 1. The minimum absolute atomic E-state index is 0.433. The summed E-state index contributed by atoms with van der Waals surface area (Å²) in [5, 5.41) is 4.41. The predicted octanol–water partition coefficient (Wildman–Crippen LogP) is 1.18. The molecule has 15 heavy (non-hydrogen) atoms. The summed E-state index contributed by atoms with van der Waals surface area (Å²) in [6, 6.07) is 4.02. The van der Waals surface area contributed by atoms with Gasteiger partial charge in [-0.05, 0) is 31.0 Å². The van der Waals surface area contributed by atoms with E-state index in [1.165, 1.54) is 0 Å². The third kappa shape index (κ3) is 1.99. The molecule has 80 valence electrons. The average Bonchev–Trinajstić information content (AvgIpc) is 2.62. The van der Waals surface area contributed by atoms with Crippen LogP contribution >= 0.6 is 0 Å². The fraction of sp³-hybridized carbons (Fsp3) is 0.455. The van der Waals surface area contributed by atoms with Crippen LogP contribution in [0.25, 0.3) is 5.65 Å². The van der Waals surface area contributed by atoms with Crippen molar-refractivity contribution in [1.82, 2.24) is 14.6 Å². The Labute approximate surface area is 89.1 Å². The van der Waals surface area contributed by atoms with Gasteiger partial charge in [-0.2, -0.15) is 5.10 Å². The van der Waals surface area contributed by atoms with E-state index >= 15 is 0 Å². The van der Waals surface area contributed by atoms with Gasteiger partial charge in [0.05, 0.1) is 0 Å². The van der Waals surface area contributed by atoms with E-state index in [0.29, 0.717) is 12.5 Å². The van der Waals surface area contributed by atoms with Crippen molar-refractivity contribution >= 4 is 5.65 Å². The van der Waals surface area contributed by atoms with E-state index in [2.05, 4.69) is 17.0 Å². The summed E-state index contributed by atoms with van der Waals surface area (Å²) >= 11 is 0. The van der Waals surface area contributed by atoms with Crippen molar-refractivity contribution in [1.29, 1.82) is 0 Å². The molecule has 1 atom stereocenters. The second-order valence-corrected chi connectivity index (χ2v) is 4.03. The van der Waals surface area contributed by atoms with Crippen molar-refractivity contribution in [2.45, 2.75) is 20.3 Å². The van der Waals surface area contributed by atoms with Crippen LogP contribution in [-0.2, 0) is 6.42 Å². The highest BCUT2D eigenvalue weighted by Crippen LogP contribution is 2.09. The SMILES string of the molecule is Cc1cccn2nc(CC(C)CN)nc12. The molecule has 0 amide bonds. The van der Waals surface area contributed by atoms with E-state index in [0.717, 1.165) is 23.5 Å². The molecule has 2 N–H and O–H groups in total. The van der Waals surface area contributed by atoms with Gasteiger partial charge in [0.2, 0.25) is 0 Å². The average molecular weight is 204 g/mol. The first-order chi connectivity index (χ1) is 7.20. The summed E-state index contributed by atoms with van der Waals surface area (Å²) in [5.41, 5.74) is 7.67. The van der Waals surface area contributed by atoms with E-state index in [9.17, 15) is 0 Å². The standard InChI is InChI=1S/C11H16N4/c1-8(7-12)6-10-13-11-9(2)4-3-5-15(11)14-10/h3-5,8H,6-7,12H2,1-2H3. The van der Waals surface area contributed by atoms with E-state index in [4.69, 9.17) is 5.73 Å². The molecule has 1 unspecified atom stereocenters. The molecule has 2 aromatic heterocycles. The highest BCUT2D eigenvalue weighted by molar-refractivity contribution is 5.45. The maximum atomic E-state index is 5.58. The quantitative estimate of drug-likeness (QED) is 0.816. The molecule has 4 nitrogen and oxygen atoms in total. The number of pyridine rings is 1. The molecule has 0 radical (unpaired) electrons. The molecule has 0 saturated carbocycles.